The van der Waals surface area contributed by atoms with Crippen molar-refractivity contribution in [3.05, 3.63) is 47.5 Å². The minimum atomic E-state index is -1.11. The summed E-state index contributed by atoms with van der Waals surface area (Å²) >= 11 is 1.79. The molecule has 1 fully saturated rings. The molecule has 2 aromatic rings. The molecule has 0 atom stereocenters. The highest BCUT2D eigenvalue weighted by Crippen LogP contribution is 2.42. The molecule has 2 heterocycles. The maximum Gasteiger partial charge on any atom is 0.495 e. The Bertz CT molecular complexity index is 970. The fourth-order valence-corrected chi connectivity index (χ4v) is 5.69. The zero-order valence-corrected chi connectivity index (χ0v) is 22.2. The maximum absolute atomic E-state index is 6.43. The van der Waals surface area contributed by atoms with Crippen LogP contribution in [-0.2, 0) is 20.5 Å². The van der Waals surface area contributed by atoms with Gasteiger partial charge in [0.05, 0.1) is 11.2 Å². The Balaban J connectivity index is 1.59. The largest absolute Gasteiger partial charge is 0.495 e. The molecule has 1 saturated heterocycles. The molecule has 4 nitrogen and oxygen atoms in total. The molecule has 2 aliphatic heterocycles. The van der Waals surface area contributed by atoms with Crippen LogP contribution in [0.5, 0.6) is 5.75 Å². The first-order chi connectivity index (χ1) is 15.0. The van der Waals surface area contributed by atoms with Crippen LogP contribution in [-0.4, -0.2) is 39.8 Å². The normalized spacial score (nSPS) is 18.9. The number of benzene rings is 2. The third-order valence-electron chi connectivity index (χ3n) is 6.59. The average molecular weight is 471 g/mol. The van der Waals surface area contributed by atoms with Gasteiger partial charge in [0, 0.05) is 24.5 Å². The van der Waals surface area contributed by atoms with Crippen LogP contribution in [0.3, 0.4) is 0 Å². The first kappa shape index (κ1) is 23.9. The van der Waals surface area contributed by atoms with E-state index in [4.69, 9.17) is 18.8 Å². The Hall–Kier alpha value is -1.25. The van der Waals surface area contributed by atoms with Gasteiger partial charge in [-0.05, 0) is 74.9 Å². The van der Waals surface area contributed by atoms with Crippen molar-refractivity contribution in [2.75, 3.05) is 13.4 Å². The molecular formula is C25H35BO4SSi. The van der Waals surface area contributed by atoms with Gasteiger partial charge in [0.25, 0.3) is 0 Å². The van der Waals surface area contributed by atoms with Crippen LogP contribution in [0.2, 0.25) is 25.7 Å². The summed E-state index contributed by atoms with van der Waals surface area (Å²) in [7, 11) is -1.53. The summed E-state index contributed by atoms with van der Waals surface area (Å²) in [5, 5.41) is 0. The molecule has 4 rings (SSSR count). The first-order valence-corrected chi connectivity index (χ1v) is 16.0. The van der Waals surface area contributed by atoms with Crippen molar-refractivity contribution in [2.24, 2.45) is 0 Å². The van der Waals surface area contributed by atoms with Crippen molar-refractivity contribution in [1.82, 2.24) is 0 Å². The topological polar surface area (TPSA) is 36.9 Å². The van der Waals surface area contributed by atoms with Crippen LogP contribution < -0.4 is 10.2 Å². The monoisotopic (exact) mass is 470 g/mol. The lowest BCUT2D eigenvalue weighted by molar-refractivity contribution is 0.00578. The van der Waals surface area contributed by atoms with Gasteiger partial charge in [-0.2, -0.15) is 0 Å². The average Bonchev–Trinajstić information content (AvgIpc) is 2.91. The van der Waals surface area contributed by atoms with E-state index in [2.05, 4.69) is 83.7 Å². The highest BCUT2D eigenvalue weighted by atomic mass is 32.2. The summed E-state index contributed by atoms with van der Waals surface area (Å²) in [5.41, 5.74) is 2.88. The fourth-order valence-electron chi connectivity index (χ4n) is 3.79. The zero-order chi connectivity index (χ0) is 23.1. The van der Waals surface area contributed by atoms with Crippen molar-refractivity contribution >= 4 is 32.4 Å². The Morgan fingerprint density at radius 3 is 2.38 bits per heavy atom. The van der Waals surface area contributed by atoms with Gasteiger partial charge in [-0.25, -0.2) is 0 Å². The van der Waals surface area contributed by atoms with Gasteiger partial charge in [0.15, 0.2) is 6.79 Å². The van der Waals surface area contributed by atoms with Gasteiger partial charge < -0.3 is 18.8 Å². The molecule has 0 amide bonds. The minimum absolute atomic E-state index is 0.257. The molecular weight excluding hydrogens is 435 g/mol. The van der Waals surface area contributed by atoms with Gasteiger partial charge in [0.1, 0.15) is 5.75 Å². The fraction of sp³-hybridized carbons (Fsp3) is 0.520. The van der Waals surface area contributed by atoms with Gasteiger partial charge in [-0.3, -0.25) is 0 Å². The highest BCUT2D eigenvalue weighted by Gasteiger charge is 2.52. The summed E-state index contributed by atoms with van der Waals surface area (Å²) in [4.78, 5) is 2.50. The van der Waals surface area contributed by atoms with Gasteiger partial charge in [-0.1, -0.05) is 49.6 Å². The van der Waals surface area contributed by atoms with E-state index >= 15 is 0 Å². The van der Waals surface area contributed by atoms with E-state index in [1.165, 1.54) is 20.9 Å². The second kappa shape index (κ2) is 8.84. The second-order valence-electron chi connectivity index (χ2n) is 10.9. The first-order valence-electron chi connectivity index (χ1n) is 11.4. The van der Waals surface area contributed by atoms with Crippen LogP contribution in [0, 0.1) is 0 Å². The van der Waals surface area contributed by atoms with Crippen molar-refractivity contribution < 1.29 is 18.8 Å². The van der Waals surface area contributed by atoms with Crippen LogP contribution >= 0.6 is 11.8 Å². The second-order valence-corrected chi connectivity index (χ2v) is 17.7. The standard InChI is InChI=1S/C25H35BO4SSi/c1-24(2)25(3,4)30-26(29-24)21-15-19(28-17-27-12-13-32(5,6)7)16-23-20(21)14-18-10-8-9-11-22(18)31-23/h8-11,15-16H,12-14,17H2,1-7H3. The third kappa shape index (κ3) is 5.12. The number of hydrogen-bond donors (Lipinski definition) is 0. The molecule has 0 aliphatic carbocycles. The summed E-state index contributed by atoms with van der Waals surface area (Å²) in [5.74, 6) is 0.799. The predicted molar refractivity (Wildman–Crippen MR) is 135 cm³/mol. The van der Waals surface area contributed by atoms with Crippen molar-refractivity contribution in [1.29, 1.82) is 0 Å². The van der Waals surface area contributed by atoms with Crippen molar-refractivity contribution in [3.63, 3.8) is 0 Å². The lowest BCUT2D eigenvalue weighted by atomic mass is 9.74. The SMILES string of the molecule is CC1(C)OB(c2cc(OCOCC[Si](C)(C)C)cc3c2Cc2ccccc2S3)OC1(C)C. The highest BCUT2D eigenvalue weighted by molar-refractivity contribution is 7.99. The van der Waals surface area contributed by atoms with Crippen LogP contribution in [0.1, 0.15) is 38.8 Å². The number of ether oxygens (including phenoxy) is 2. The zero-order valence-electron chi connectivity index (χ0n) is 20.4. The predicted octanol–water partition coefficient (Wildman–Crippen LogP) is 5.73. The molecule has 0 aromatic heterocycles. The van der Waals surface area contributed by atoms with Crippen molar-refractivity contribution in [3.8, 4) is 5.75 Å². The molecule has 0 saturated carbocycles. The lowest BCUT2D eigenvalue weighted by Crippen LogP contribution is -2.41. The van der Waals surface area contributed by atoms with E-state index in [0.717, 1.165) is 30.3 Å². The van der Waals surface area contributed by atoms with E-state index in [9.17, 15) is 0 Å². The molecule has 2 aromatic carbocycles. The summed E-state index contributed by atoms with van der Waals surface area (Å²) in [6.45, 7) is 16.4. The van der Waals surface area contributed by atoms with E-state index in [0.29, 0.717) is 0 Å². The number of hydrogen-bond acceptors (Lipinski definition) is 5. The van der Waals surface area contributed by atoms with E-state index < -0.39 is 15.2 Å². The van der Waals surface area contributed by atoms with E-state index in [1.54, 1.807) is 11.8 Å². The van der Waals surface area contributed by atoms with Gasteiger partial charge in [0.2, 0.25) is 0 Å². The quantitative estimate of drug-likeness (QED) is 0.250. The number of fused-ring (bicyclic) bond motifs is 2. The molecule has 0 spiro atoms. The van der Waals surface area contributed by atoms with Crippen LogP contribution in [0.15, 0.2) is 46.2 Å². The molecule has 32 heavy (non-hydrogen) atoms. The molecule has 7 heteroatoms. The van der Waals surface area contributed by atoms with Gasteiger partial charge in [-0.15, -0.1) is 0 Å². The maximum atomic E-state index is 6.43. The minimum Gasteiger partial charge on any atom is -0.468 e. The van der Waals surface area contributed by atoms with Crippen molar-refractivity contribution in [2.45, 2.75) is 80.8 Å². The summed E-state index contributed by atoms with van der Waals surface area (Å²) in [6, 6.07) is 13.9. The van der Waals surface area contributed by atoms with Crippen LogP contribution in [0.4, 0.5) is 0 Å². The molecule has 172 valence electrons. The third-order valence-corrected chi connectivity index (χ3v) is 9.50. The van der Waals surface area contributed by atoms with E-state index in [1.807, 2.05) is 0 Å². The van der Waals surface area contributed by atoms with Gasteiger partial charge >= 0.3 is 7.12 Å². The smallest absolute Gasteiger partial charge is 0.468 e. The molecule has 0 unspecified atom stereocenters. The Morgan fingerprint density at radius 2 is 1.69 bits per heavy atom. The summed E-state index contributed by atoms with van der Waals surface area (Å²) < 4.78 is 24.7. The Kier molecular flexibility index (Phi) is 6.60. The van der Waals surface area contributed by atoms with Crippen LogP contribution in [0.25, 0.3) is 0 Å². The Labute approximate surface area is 198 Å². The lowest BCUT2D eigenvalue weighted by Gasteiger charge is -2.32. The van der Waals surface area contributed by atoms with E-state index in [-0.39, 0.29) is 18.0 Å². The summed E-state index contributed by atoms with van der Waals surface area (Å²) in [6.07, 6.45) is 0.866. The molecule has 0 bridgehead atoms. The number of rotatable bonds is 7. The molecule has 2 aliphatic rings. The molecule has 0 radical (unpaired) electrons. The Morgan fingerprint density at radius 1 is 1.00 bits per heavy atom. The molecule has 0 N–H and O–H groups in total.